The molecule has 19 heavy (non-hydrogen) atoms. The number of methoxy groups -OCH3 is 1. The van der Waals surface area contributed by atoms with Gasteiger partial charge in [0.2, 0.25) is 5.91 Å². The third-order valence-corrected chi connectivity index (χ3v) is 4.24. The summed E-state index contributed by atoms with van der Waals surface area (Å²) in [7, 11) is 1.70. The maximum absolute atomic E-state index is 12.7. The van der Waals surface area contributed by atoms with Gasteiger partial charge in [0, 0.05) is 7.11 Å². The molecule has 0 aromatic heterocycles. The highest BCUT2D eigenvalue weighted by Gasteiger charge is 2.44. The number of ether oxygens (including phenoxy) is 1. The Labute approximate surface area is 117 Å². The van der Waals surface area contributed by atoms with Crippen molar-refractivity contribution in [3.63, 3.8) is 0 Å². The standard InChI is InChI=1S/C15H30N2O2/c1-7-11(5)13-15(18)17(12(8-2)9-19-6)14(16-13)10(3)4/h10-14,16H,7-9H2,1-6H3. The first-order valence-electron chi connectivity index (χ1n) is 7.54. The fourth-order valence-electron chi connectivity index (χ4n) is 2.78. The molecule has 1 heterocycles. The van der Waals surface area contributed by atoms with Crippen molar-refractivity contribution in [1.82, 2.24) is 10.2 Å². The van der Waals surface area contributed by atoms with Crippen molar-refractivity contribution >= 4 is 5.91 Å². The van der Waals surface area contributed by atoms with Crippen LogP contribution in [0.2, 0.25) is 0 Å². The first-order valence-corrected chi connectivity index (χ1v) is 7.54. The molecule has 1 rings (SSSR count). The van der Waals surface area contributed by atoms with Gasteiger partial charge in [-0.2, -0.15) is 0 Å². The lowest BCUT2D eigenvalue weighted by Gasteiger charge is -2.33. The Morgan fingerprint density at radius 3 is 2.32 bits per heavy atom. The van der Waals surface area contributed by atoms with Crippen LogP contribution in [-0.2, 0) is 9.53 Å². The van der Waals surface area contributed by atoms with E-state index in [1.807, 2.05) is 4.90 Å². The first-order chi connectivity index (χ1) is 8.97. The molecule has 0 aromatic rings. The maximum atomic E-state index is 12.7. The number of nitrogens with one attached hydrogen (secondary N) is 1. The summed E-state index contributed by atoms with van der Waals surface area (Å²) >= 11 is 0. The van der Waals surface area contributed by atoms with Crippen LogP contribution in [0.4, 0.5) is 0 Å². The second kappa shape index (κ2) is 7.25. The van der Waals surface area contributed by atoms with Crippen molar-refractivity contribution in [2.45, 2.75) is 65.7 Å². The van der Waals surface area contributed by atoms with Crippen molar-refractivity contribution in [1.29, 1.82) is 0 Å². The first kappa shape index (κ1) is 16.4. The minimum absolute atomic E-state index is 0.0386. The van der Waals surface area contributed by atoms with Crippen molar-refractivity contribution < 1.29 is 9.53 Å². The summed E-state index contributed by atoms with van der Waals surface area (Å²) in [5, 5.41) is 3.53. The molecule has 1 amide bonds. The molecule has 4 atom stereocenters. The zero-order valence-electron chi connectivity index (χ0n) is 13.3. The lowest BCUT2D eigenvalue weighted by atomic mass is 9.99. The average molecular weight is 270 g/mol. The van der Waals surface area contributed by atoms with Gasteiger partial charge in [0.1, 0.15) is 0 Å². The van der Waals surface area contributed by atoms with Crippen molar-refractivity contribution in [3.8, 4) is 0 Å². The van der Waals surface area contributed by atoms with Crippen LogP contribution in [0.1, 0.15) is 47.5 Å². The lowest BCUT2D eigenvalue weighted by Crippen LogP contribution is -2.48. The van der Waals surface area contributed by atoms with Crippen LogP contribution < -0.4 is 5.32 Å². The molecule has 1 aliphatic heterocycles. The topological polar surface area (TPSA) is 41.6 Å². The molecule has 0 spiro atoms. The summed E-state index contributed by atoms with van der Waals surface area (Å²) in [5.74, 6) is 1.03. The van der Waals surface area contributed by atoms with E-state index in [0.29, 0.717) is 18.4 Å². The number of rotatable bonds is 7. The summed E-state index contributed by atoms with van der Waals surface area (Å²) in [6.07, 6.45) is 2.08. The number of carbonyl (C=O) groups is 1. The fraction of sp³-hybridized carbons (Fsp3) is 0.933. The molecule has 4 unspecified atom stereocenters. The molecule has 1 aliphatic rings. The van der Waals surface area contributed by atoms with Crippen molar-refractivity contribution in [2.24, 2.45) is 11.8 Å². The van der Waals surface area contributed by atoms with Gasteiger partial charge in [-0.25, -0.2) is 0 Å². The Hall–Kier alpha value is -0.610. The van der Waals surface area contributed by atoms with Crippen LogP contribution in [0.25, 0.3) is 0 Å². The van der Waals surface area contributed by atoms with E-state index < -0.39 is 0 Å². The molecular weight excluding hydrogens is 240 g/mol. The summed E-state index contributed by atoms with van der Waals surface area (Å²) in [6.45, 7) is 11.3. The molecular formula is C15H30N2O2. The zero-order chi connectivity index (χ0) is 14.6. The molecule has 0 bridgehead atoms. The Kier molecular flexibility index (Phi) is 6.27. The van der Waals surface area contributed by atoms with Gasteiger partial charge in [0.25, 0.3) is 0 Å². The van der Waals surface area contributed by atoms with Crippen LogP contribution in [0.3, 0.4) is 0 Å². The van der Waals surface area contributed by atoms with Crippen LogP contribution in [0.5, 0.6) is 0 Å². The predicted octanol–water partition coefficient (Wildman–Crippen LogP) is 2.24. The number of hydrogen-bond acceptors (Lipinski definition) is 3. The van der Waals surface area contributed by atoms with Gasteiger partial charge >= 0.3 is 0 Å². The molecule has 112 valence electrons. The maximum Gasteiger partial charge on any atom is 0.241 e. The van der Waals surface area contributed by atoms with Crippen molar-refractivity contribution in [2.75, 3.05) is 13.7 Å². The normalized spacial score (nSPS) is 27.1. The molecule has 4 nitrogen and oxygen atoms in total. The molecule has 0 saturated carbocycles. The van der Waals surface area contributed by atoms with Crippen LogP contribution in [0.15, 0.2) is 0 Å². The largest absolute Gasteiger partial charge is 0.383 e. The summed E-state index contributed by atoms with van der Waals surface area (Å²) < 4.78 is 5.28. The fourth-order valence-corrected chi connectivity index (χ4v) is 2.78. The van der Waals surface area contributed by atoms with Crippen LogP contribution in [0, 0.1) is 11.8 Å². The molecule has 0 radical (unpaired) electrons. The molecule has 0 aliphatic carbocycles. The summed E-state index contributed by atoms with van der Waals surface area (Å²) in [6, 6.07) is 0.134. The zero-order valence-corrected chi connectivity index (χ0v) is 13.3. The second-order valence-corrected chi connectivity index (χ2v) is 5.98. The van der Waals surface area contributed by atoms with Gasteiger partial charge < -0.3 is 9.64 Å². The van der Waals surface area contributed by atoms with Gasteiger partial charge in [-0.05, 0) is 18.3 Å². The van der Waals surface area contributed by atoms with E-state index in [1.54, 1.807) is 7.11 Å². The Morgan fingerprint density at radius 1 is 1.26 bits per heavy atom. The van der Waals surface area contributed by atoms with Crippen LogP contribution in [-0.4, -0.2) is 42.8 Å². The minimum atomic E-state index is -0.0386. The Balaban J connectivity index is 2.94. The Bertz CT molecular complexity index is 294. The third-order valence-electron chi connectivity index (χ3n) is 4.24. The molecule has 4 heteroatoms. The van der Waals surface area contributed by atoms with Gasteiger partial charge in [-0.15, -0.1) is 0 Å². The van der Waals surface area contributed by atoms with E-state index in [0.717, 1.165) is 12.8 Å². The van der Waals surface area contributed by atoms with E-state index in [9.17, 15) is 4.79 Å². The molecule has 1 saturated heterocycles. The number of amides is 1. The quantitative estimate of drug-likeness (QED) is 0.771. The SMILES string of the molecule is CCC(C)C1NC(C(C)C)N(C(CC)COC)C1=O. The number of hydrogen-bond donors (Lipinski definition) is 1. The summed E-state index contributed by atoms with van der Waals surface area (Å²) in [4.78, 5) is 14.7. The smallest absolute Gasteiger partial charge is 0.241 e. The monoisotopic (exact) mass is 270 g/mol. The molecule has 0 aromatic carbocycles. The van der Waals surface area contributed by atoms with E-state index in [-0.39, 0.29) is 24.2 Å². The van der Waals surface area contributed by atoms with Crippen molar-refractivity contribution in [3.05, 3.63) is 0 Å². The number of carbonyl (C=O) groups excluding carboxylic acids is 1. The third kappa shape index (κ3) is 3.48. The molecule has 1 N–H and O–H groups in total. The van der Waals surface area contributed by atoms with E-state index in [2.05, 4.69) is 39.9 Å². The van der Waals surface area contributed by atoms with Gasteiger partial charge in [-0.3, -0.25) is 10.1 Å². The number of nitrogens with zero attached hydrogens (tertiary/aromatic N) is 1. The van der Waals surface area contributed by atoms with Gasteiger partial charge in [0.05, 0.1) is 24.9 Å². The Morgan fingerprint density at radius 2 is 1.89 bits per heavy atom. The molecule has 1 fully saturated rings. The van der Waals surface area contributed by atoms with E-state index in [4.69, 9.17) is 4.74 Å². The summed E-state index contributed by atoms with van der Waals surface area (Å²) in [5.41, 5.74) is 0. The van der Waals surface area contributed by atoms with Gasteiger partial charge in [0.15, 0.2) is 0 Å². The highest BCUT2D eigenvalue weighted by Crippen LogP contribution is 2.26. The van der Waals surface area contributed by atoms with E-state index in [1.165, 1.54) is 0 Å². The minimum Gasteiger partial charge on any atom is -0.383 e. The van der Waals surface area contributed by atoms with Crippen LogP contribution >= 0.6 is 0 Å². The second-order valence-electron chi connectivity index (χ2n) is 5.98. The predicted molar refractivity (Wildman–Crippen MR) is 77.8 cm³/mol. The van der Waals surface area contributed by atoms with E-state index >= 15 is 0 Å². The lowest BCUT2D eigenvalue weighted by molar-refractivity contribution is -0.135. The highest BCUT2D eigenvalue weighted by molar-refractivity contribution is 5.85. The average Bonchev–Trinajstić information content (AvgIpc) is 2.73. The highest BCUT2D eigenvalue weighted by atomic mass is 16.5. The van der Waals surface area contributed by atoms with Gasteiger partial charge in [-0.1, -0.05) is 41.0 Å².